The highest BCUT2D eigenvalue weighted by Gasteiger charge is 2.21. The molecule has 0 amide bonds. The number of hydrogen-bond acceptors (Lipinski definition) is 5. The van der Waals surface area contributed by atoms with Gasteiger partial charge in [-0.25, -0.2) is 4.98 Å². The highest BCUT2D eigenvalue weighted by molar-refractivity contribution is 8.00. The van der Waals surface area contributed by atoms with Gasteiger partial charge in [-0.05, 0) is 31.2 Å². The quantitative estimate of drug-likeness (QED) is 0.396. The number of hydrogen-bond donors (Lipinski definition) is 0. The highest BCUT2D eigenvalue weighted by atomic mass is 35.5. The standard InChI is InChI=1S/C18H15ClN2O3S/c1-11(17(23)24-2)25-18-20-14-9-5-3-7-12(14)16(22)21(18)15-10-6-4-8-13(15)19/h3-11H,1-2H3/t11-/m0/s1. The third-order valence-corrected chi connectivity index (χ3v) is 5.00. The van der Waals surface area contributed by atoms with Gasteiger partial charge in [0.1, 0.15) is 5.25 Å². The summed E-state index contributed by atoms with van der Waals surface area (Å²) in [4.78, 5) is 29.4. The van der Waals surface area contributed by atoms with Crippen LogP contribution in [0, 0.1) is 0 Å². The number of nitrogens with zero attached hydrogens (tertiary/aromatic N) is 2. The summed E-state index contributed by atoms with van der Waals surface area (Å²) in [6.07, 6.45) is 0. The van der Waals surface area contributed by atoms with Gasteiger partial charge in [0, 0.05) is 0 Å². The van der Waals surface area contributed by atoms with E-state index in [-0.39, 0.29) is 5.56 Å². The van der Waals surface area contributed by atoms with Crippen molar-refractivity contribution in [3.8, 4) is 5.69 Å². The molecule has 0 aliphatic rings. The van der Waals surface area contributed by atoms with Gasteiger partial charge in [-0.15, -0.1) is 0 Å². The Kier molecular flexibility index (Phi) is 5.11. The molecule has 0 N–H and O–H groups in total. The Balaban J connectivity index is 2.27. The lowest BCUT2D eigenvalue weighted by atomic mass is 10.2. The van der Waals surface area contributed by atoms with E-state index in [1.165, 1.54) is 11.7 Å². The third-order valence-electron chi connectivity index (χ3n) is 3.65. The number of fused-ring (bicyclic) bond motifs is 1. The minimum absolute atomic E-state index is 0.238. The minimum atomic E-state index is -0.521. The van der Waals surface area contributed by atoms with Gasteiger partial charge in [0.15, 0.2) is 5.16 Å². The zero-order valence-corrected chi connectivity index (χ0v) is 15.2. The summed E-state index contributed by atoms with van der Waals surface area (Å²) in [5.74, 6) is -0.391. The van der Waals surface area contributed by atoms with Crippen molar-refractivity contribution in [1.29, 1.82) is 0 Å². The highest BCUT2D eigenvalue weighted by Crippen LogP contribution is 2.28. The van der Waals surface area contributed by atoms with E-state index in [9.17, 15) is 9.59 Å². The number of carbonyl (C=O) groups excluding carboxylic acids is 1. The first-order valence-corrected chi connectivity index (χ1v) is 8.80. The van der Waals surface area contributed by atoms with Gasteiger partial charge in [0.25, 0.3) is 5.56 Å². The maximum absolute atomic E-state index is 13.1. The molecule has 1 atom stereocenters. The van der Waals surface area contributed by atoms with E-state index >= 15 is 0 Å². The molecule has 0 bridgehead atoms. The van der Waals surface area contributed by atoms with E-state index in [1.807, 2.05) is 6.07 Å². The van der Waals surface area contributed by atoms with Crippen LogP contribution in [0.1, 0.15) is 6.92 Å². The van der Waals surface area contributed by atoms with Crippen LogP contribution in [0.2, 0.25) is 5.02 Å². The average Bonchev–Trinajstić information content (AvgIpc) is 2.62. The number of thioether (sulfide) groups is 1. The molecule has 5 nitrogen and oxygen atoms in total. The van der Waals surface area contributed by atoms with Crippen molar-refractivity contribution in [2.45, 2.75) is 17.3 Å². The Morgan fingerprint density at radius 1 is 1.20 bits per heavy atom. The summed E-state index contributed by atoms with van der Waals surface area (Å²) >= 11 is 7.45. The van der Waals surface area contributed by atoms with Crippen LogP contribution in [0.3, 0.4) is 0 Å². The molecule has 25 heavy (non-hydrogen) atoms. The fourth-order valence-corrected chi connectivity index (χ4v) is 3.58. The minimum Gasteiger partial charge on any atom is -0.468 e. The lowest BCUT2D eigenvalue weighted by Crippen LogP contribution is -2.24. The second-order valence-electron chi connectivity index (χ2n) is 5.29. The lowest BCUT2D eigenvalue weighted by molar-refractivity contribution is -0.139. The van der Waals surface area contributed by atoms with E-state index < -0.39 is 11.2 Å². The van der Waals surface area contributed by atoms with Crippen LogP contribution in [0.15, 0.2) is 58.5 Å². The zero-order chi connectivity index (χ0) is 18.0. The Hall–Kier alpha value is -2.31. The van der Waals surface area contributed by atoms with Gasteiger partial charge in [-0.1, -0.05) is 47.6 Å². The molecule has 0 unspecified atom stereocenters. The number of aromatic nitrogens is 2. The molecule has 0 aliphatic heterocycles. The number of benzene rings is 2. The molecule has 0 saturated heterocycles. The van der Waals surface area contributed by atoms with E-state index in [1.54, 1.807) is 49.4 Å². The molecule has 0 saturated carbocycles. The number of methoxy groups -OCH3 is 1. The van der Waals surface area contributed by atoms with Crippen LogP contribution in [0.25, 0.3) is 16.6 Å². The molecule has 1 heterocycles. The predicted molar refractivity (Wildman–Crippen MR) is 99.7 cm³/mol. The molecule has 7 heteroatoms. The largest absolute Gasteiger partial charge is 0.468 e. The summed E-state index contributed by atoms with van der Waals surface area (Å²) in [5.41, 5.74) is 0.848. The predicted octanol–water partition coefficient (Wildman–Crippen LogP) is 3.69. The molecule has 0 fully saturated rings. The third kappa shape index (κ3) is 3.41. The zero-order valence-electron chi connectivity index (χ0n) is 13.6. The molecule has 0 aliphatic carbocycles. The number of esters is 1. The fourth-order valence-electron chi connectivity index (χ4n) is 2.41. The van der Waals surface area contributed by atoms with E-state index in [0.717, 1.165) is 11.8 Å². The van der Waals surface area contributed by atoms with Crippen molar-refractivity contribution in [1.82, 2.24) is 9.55 Å². The average molecular weight is 375 g/mol. The second kappa shape index (κ2) is 7.29. The fraction of sp³-hybridized carbons (Fsp3) is 0.167. The van der Waals surface area contributed by atoms with Crippen molar-refractivity contribution in [3.63, 3.8) is 0 Å². The molecule has 128 valence electrons. The Morgan fingerprint density at radius 2 is 1.88 bits per heavy atom. The molecule has 3 rings (SSSR count). The normalized spacial score (nSPS) is 12.1. The Morgan fingerprint density at radius 3 is 2.60 bits per heavy atom. The van der Waals surface area contributed by atoms with E-state index in [0.29, 0.717) is 26.8 Å². The van der Waals surface area contributed by atoms with Crippen molar-refractivity contribution in [3.05, 3.63) is 63.9 Å². The van der Waals surface area contributed by atoms with Gasteiger partial charge in [-0.2, -0.15) is 0 Å². The summed E-state index contributed by atoms with van der Waals surface area (Å²) in [6, 6.07) is 14.1. The molecule has 2 aromatic carbocycles. The number of para-hydroxylation sites is 2. The van der Waals surface area contributed by atoms with Crippen LogP contribution >= 0.6 is 23.4 Å². The van der Waals surface area contributed by atoms with Gasteiger partial charge in [0.2, 0.25) is 0 Å². The molecule has 3 aromatic rings. The van der Waals surface area contributed by atoms with Crippen LogP contribution in [-0.2, 0) is 9.53 Å². The monoisotopic (exact) mass is 374 g/mol. The van der Waals surface area contributed by atoms with Gasteiger partial charge >= 0.3 is 5.97 Å². The summed E-state index contributed by atoms with van der Waals surface area (Å²) < 4.78 is 6.21. The second-order valence-corrected chi connectivity index (χ2v) is 7.00. The Bertz CT molecular complexity index is 1000. The smallest absolute Gasteiger partial charge is 0.318 e. The molecule has 0 spiro atoms. The first-order chi connectivity index (χ1) is 12.0. The van der Waals surface area contributed by atoms with Crippen LogP contribution in [0.5, 0.6) is 0 Å². The number of carbonyl (C=O) groups is 1. The lowest BCUT2D eigenvalue weighted by Gasteiger charge is -2.16. The summed E-state index contributed by atoms with van der Waals surface area (Å²) in [5, 5.41) is 0.772. The van der Waals surface area contributed by atoms with Crippen molar-refractivity contribution >= 4 is 40.2 Å². The maximum Gasteiger partial charge on any atom is 0.318 e. The van der Waals surface area contributed by atoms with E-state index in [4.69, 9.17) is 16.3 Å². The SMILES string of the molecule is COC(=O)[C@H](C)Sc1nc2ccccc2c(=O)n1-c1ccccc1Cl. The van der Waals surface area contributed by atoms with Crippen LogP contribution in [-0.4, -0.2) is 27.9 Å². The van der Waals surface area contributed by atoms with Crippen LogP contribution < -0.4 is 5.56 Å². The van der Waals surface area contributed by atoms with Crippen molar-refractivity contribution in [2.24, 2.45) is 0 Å². The molecular formula is C18H15ClN2O3S. The van der Waals surface area contributed by atoms with Gasteiger partial charge in [0.05, 0.1) is 28.7 Å². The van der Waals surface area contributed by atoms with Crippen LogP contribution in [0.4, 0.5) is 0 Å². The van der Waals surface area contributed by atoms with Gasteiger partial charge < -0.3 is 4.74 Å². The van der Waals surface area contributed by atoms with E-state index in [2.05, 4.69) is 4.98 Å². The first-order valence-electron chi connectivity index (χ1n) is 7.54. The molecule has 0 radical (unpaired) electrons. The molecule has 1 aromatic heterocycles. The Labute approximate surface area is 153 Å². The van der Waals surface area contributed by atoms with Gasteiger partial charge in [-0.3, -0.25) is 14.2 Å². The number of halogens is 1. The van der Waals surface area contributed by atoms with Crippen molar-refractivity contribution < 1.29 is 9.53 Å². The van der Waals surface area contributed by atoms with Crippen molar-refractivity contribution in [2.75, 3.05) is 7.11 Å². The maximum atomic E-state index is 13.1. The number of rotatable bonds is 4. The topological polar surface area (TPSA) is 61.2 Å². The molecular weight excluding hydrogens is 360 g/mol. The number of ether oxygens (including phenoxy) is 1. The summed E-state index contributed by atoms with van der Waals surface area (Å²) in [6.45, 7) is 1.70. The summed E-state index contributed by atoms with van der Waals surface area (Å²) in [7, 11) is 1.33. The first kappa shape index (κ1) is 17.5.